The second-order valence-corrected chi connectivity index (χ2v) is 3.58. The van der Waals surface area contributed by atoms with Crippen molar-refractivity contribution in [3.8, 4) is 5.75 Å². The van der Waals surface area contributed by atoms with Crippen LogP contribution in [0.1, 0.15) is 6.92 Å². The number of aliphatic hydroxyl groups excluding tert-OH is 1. The van der Waals surface area contributed by atoms with E-state index in [4.69, 9.17) is 9.84 Å². The van der Waals surface area contributed by atoms with Crippen molar-refractivity contribution < 1.29 is 24.2 Å². The van der Waals surface area contributed by atoms with Gasteiger partial charge in [-0.2, -0.15) is 0 Å². The van der Waals surface area contributed by atoms with Crippen LogP contribution in [-0.2, 0) is 9.53 Å². The summed E-state index contributed by atoms with van der Waals surface area (Å²) in [4.78, 5) is 22.3. The summed E-state index contributed by atoms with van der Waals surface area (Å²) in [5.41, 5.74) is 0.877. The maximum absolute atomic E-state index is 11.4. The average molecular weight is 268 g/mol. The van der Waals surface area contributed by atoms with E-state index in [1.165, 1.54) is 14.0 Å². The fraction of sp³-hybridized carbons (Fsp3) is 0.333. The summed E-state index contributed by atoms with van der Waals surface area (Å²) in [7, 11) is 1.46. The van der Waals surface area contributed by atoms with Crippen LogP contribution >= 0.6 is 0 Å². The van der Waals surface area contributed by atoms with Crippen molar-refractivity contribution in [3.63, 3.8) is 0 Å². The SMILES string of the molecule is COc1ccc(NC(C)=O)cc1NC(=O)OCCO. The van der Waals surface area contributed by atoms with Gasteiger partial charge in [-0.05, 0) is 18.2 Å². The lowest BCUT2D eigenvalue weighted by Crippen LogP contribution is -2.16. The molecule has 1 rings (SSSR count). The van der Waals surface area contributed by atoms with Crippen LogP contribution in [0.25, 0.3) is 0 Å². The molecule has 19 heavy (non-hydrogen) atoms. The molecule has 0 fully saturated rings. The molecule has 3 N–H and O–H groups in total. The molecule has 0 aliphatic heterocycles. The molecule has 0 heterocycles. The summed E-state index contributed by atoms with van der Waals surface area (Å²) in [5, 5.41) is 13.6. The Morgan fingerprint density at radius 3 is 2.63 bits per heavy atom. The van der Waals surface area contributed by atoms with Gasteiger partial charge in [-0.1, -0.05) is 0 Å². The van der Waals surface area contributed by atoms with E-state index in [1.54, 1.807) is 18.2 Å². The minimum atomic E-state index is -0.715. The third kappa shape index (κ3) is 4.84. The molecule has 0 aliphatic carbocycles. The molecule has 0 saturated carbocycles. The number of hydrogen-bond donors (Lipinski definition) is 3. The van der Waals surface area contributed by atoms with Gasteiger partial charge < -0.3 is 19.9 Å². The first kappa shape index (κ1) is 14.8. The van der Waals surface area contributed by atoms with Crippen molar-refractivity contribution in [3.05, 3.63) is 18.2 Å². The van der Waals surface area contributed by atoms with Gasteiger partial charge in [-0.3, -0.25) is 10.1 Å². The topological polar surface area (TPSA) is 96.9 Å². The zero-order chi connectivity index (χ0) is 14.3. The van der Waals surface area contributed by atoms with Gasteiger partial charge in [0.15, 0.2) is 0 Å². The number of nitrogens with one attached hydrogen (secondary N) is 2. The molecule has 0 aliphatic rings. The predicted molar refractivity (Wildman–Crippen MR) is 69.4 cm³/mol. The van der Waals surface area contributed by atoms with Crippen LogP contribution in [0.4, 0.5) is 16.2 Å². The number of aliphatic hydroxyl groups is 1. The summed E-state index contributed by atoms with van der Waals surface area (Å²) in [6, 6.07) is 4.79. The summed E-state index contributed by atoms with van der Waals surface area (Å²) >= 11 is 0. The number of ether oxygens (including phenoxy) is 2. The third-order valence-electron chi connectivity index (χ3n) is 2.08. The smallest absolute Gasteiger partial charge is 0.411 e. The highest BCUT2D eigenvalue weighted by molar-refractivity contribution is 5.92. The van der Waals surface area contributed by atoms with Gasteiger partial charge in [-0.25, -0.2) is 4.79 Å². The van der Waals surface area contributed by atoms with E-state index in [0.29, 0.717) is 17.1 Å². The third-order valence-corrected chi connectivity index (χ3v) is 2.08. The Bertz CT molecular complexity index is 461. The fourth-order valence-electron chi connectivity index (χ4n) is 1.37. The van der Waals surface area contributed by atoms with Crippen LogP contribution in [0.15, 0.2) is 18.2 Å². The molecule has 0 aromatic heterocycles. The molecule has 104 valence electrons. The van der Waals surface area contributed by atoms with Crippen LogP contribution in [0.3, 0.4) is 0 Å². The molecule has 0 radical (unpaired) electrons. The van der Waals surface area contributed by atoms with Crippen molar-refractivity contribution in [2.75, 3.05) is 31.0 Å². The van der Waals surface area contributed by atoms with Gasteiger partial charge >= 0.3 is 6.09 Å². The molecular formula is C12H16N2O5. The van der Waals surface area contributed by atoms with Crippen LogP contribution in [0, 0.1) is 0 Å². The molecule has 7 heteroatoms. The van der Waals surface area contributed by atoms with Crippen LogP contribution < -0.4 is 15.4 Å². The van der Waals surface area contributed by atoms with Crippen molar-refractivity contribution in [2.45, 2.75) is 6.92 Å². The minimum absolute atomic E-state index is 0.0977. The van der Waals surface area contributed by atoms with Crippen LogP contribution in [-0.4, -0.2) is 37.4 Å². The number of anilines is 2. The highest BCUT2D eigenvalue weighted by Gasteiger charge is 2.09. The quantitative estimate of drug-likeness (QED) is 0.745. The molecule has 0 bridgehead atoms. The predicted octanol–water partition coefficient (Wildman–Crippen LogP) is 1.19. The van der Waals surface area contributed by atoms with E-state index in [9.17, 15) is 9.59 Å². The standard InChI is InChI=1S/C12H16N2O5/c1-8(16)13-9-3-4-11(18-2)10(7-9)14-12(17)19-6-5-15/h3-4,7,15H,5-6H2,1-2H3,(H,13,16)(H,14,17). The molecule has 1 aromatic rings. The van der Waals surface area contributed by atoms with E-state index >= 15 is 0 Å². The Morgan fingerprint density at radius 2 is 2.05 bits per heavy atom. The highest BCUT2D eigenvalue weighted by Crippen LogP contribution is 2.27. The first-order valence-corrected chi connectivity index (χ1v) is 5.57. The Hall–Kier alpha value is -2.28. The van der Waals surface area contributed by atoms with Gasteiger partial charge in [0.05, 0.1) is 19.4 Å². The molecule has 0 atom stereocenters. The molecule has 0 unspecified atom stereocenters. The second-order valence-electron chi connectivity index (χ2n) is 3.58. The summed E-state index contributed by atoms with van der Waals surface area (Å²) in [5.74, 6) is 0.203. The fourth-order valence-corrected chi connectivity index (χ4v) is 1.37. The lowest BCUT2D eigenvalue weighted by Gasteiger charge is -2.12. The van der Waals surface area contributed by atoms with E-state index < -0.39 is 6.09 Å². The molecule has 2 amide bonds. The maximum Gasteiger partial charge on any atom is 0.411 e. The lowest BCUT2D eigenvalue weighted by atomic mass is 10.2. The highest BCUT2D eigenvalue weighted by atomic mass is 16.6. The summed E-state index contributed by atoms with van der Waals surface area (Å²) < 4.78 is 9.75. The van der Waals surface area contributed by atoms with E-state index in [-0.39, 0.29) is 19.1 Å². The van der Waals surface area contributed by atoms with E-state index in [2.05, 4.69) is 15.4 Å². The van der Waals surface area contributed by atoms with E-state index in [1.807, 2.05) is 0 Å². The normalized spacial score (nSPS) is 9.63. The van der Waals surface area contributed by atoms with Crippen LogP contribution in [0.5, 0.6) is 5.75 Å². The van der Waals surface area contributed by atoms with Gasteiger partial charge in [0.25, 0.3) is 0 Å². The van der Waals surface area contributed by atoms with Gasteiger partial charge in [0, 0.05) is 12.6 Å². The van der Waals surface area contributed by atoms with Crippen LogP contribution in [0.2, 0.25) is 0 Å². The molecular weight excluding hydrogens is 252 g/mol. The Kier molecular flexibility index (Phi) is 5.62. The number of rotatable bonds is 5. The Morgan fingerprint density at radius 1 is 1.32 bits per heavy atom. The number of benzene rings is 1. The molecule has 1 aromatic carbocycles. The van der Waals surface area contributed by atoms with Gasteiger partial charge in [0.2, 0.25) is 5.91 Å². The second kappa shape index (κ2) is 7.22. The van der Waals surface area contributed by atoms with Crippen molar-refractivity contribution in [1.29, 1.82) is 0 Å². The van der Waals surface area contributed by atoms with Crippen molar-refractivity contribution in [2.24, 2.45) is 0 Å². The monoisotopic (exact) mass is 268 g/mol. The number of methoxy groups -OCH3 is 1. The zero-order valence-corrected chi connectivity index (χ0v) is 10.7. The molecule has 0 spiro atoms. The van der Waals surface area contributed by atoms with Gasteiger partial charge in [0.1, 0.15) is 12.4 Å². The minimum Gasteiger partial charge on any atom is -0.495 e. The number of amides is 2. The first-order chi connectivity index (χ1) is 9.06. The number of carbonyl (C=O) groups excluding carboxylic acids is 2. The Balaban J connectivity index is 2.83. The molecule has 7 nitrogen and oxygen atoms in total. The zero-order valence-electron chi connectivity index (χ0n) is 10.7. The maximum atomic E-state index is 11.4. The number of hydrogen-bond acceptors (Lipinski definition) is 5. The van der Waals surface area contributed by atoms with Crippen molar-refractivity contribution in [1.82, 2.24) is 0 Å². The lowest BCUT2D eigenvalue weighted by molar-refractivity contribution is -0.114. The van der Waals surface area contributed by atoms with Crippen molar-refractivity contribution >= 4 is 23.4 Å². The largest absolute Gasteiger partial charge is 0.495 e. The van der Waals surface area contributed by atoms with E-state index in [0.717, 1.165) is 0 Å². The molecule has 0 saturated heterocycles. The number of carbonyl (C=O) groups is 2. The summed E-state index contributed by atoms with van der Waals surface area (Å²) in [6.07, 6.45) is -0.715. The summed E-state index contributed by atoms with van der Waals surface area (Å²) in [6.45, 7) is 1.03. The average Bonchev–Trinajstić information content (AvgIpc) is 2.36. The van der Waals surface area contributed by atoms with Gasteiger partial charge in [-0.15, -0.1) is 0 Å². The Labute approximate surface area is 110 Å². The first-order valence-electron chi connectivity index (χ1n) is 5.57.